The van der Waals surface area contributed by atoms with Gasteiger partial charge in [0.2, 0.25) is 0 Å². The van der Waals surface area contributed by atoms with Crippen LogP contribution in [0.5, 0.6) is 5.75 Å². The second-order valence-electron chi connectivity index (χ2n) is 4.60. The molecule has 0 bridgehead atoms. The minimum absolute atomic E-state index is 0.280. The van der Waals surface area contributed by atoms with E-state index in [0.717, 1.165) is 30.3 Å². The Morgan fingerprint density at radius 2 is 1.65 bits per heavy atom. The smallest absolute Gasteiger partial charge is 0.416 e. The van der Waals surface area contributed by atoms with E-state index in [1.807, 2.05) is 0 Å². The quantitative estimate of drug-likeness (QED) is 0.508. The van der Waals surface area contributed by atoms with Gasteiger partial charge in [0.05, 0.1) is 11.1 Å². The zero-order valence-corrected chi connectivity index (χ0v) is 11.4. The summed E-state index contributed by atoms with van der Waals surface area (Å²) in [6.07, 6.45) is -2.40. The third kappa shape index (κ3) is 3.94. The molecule has 0 radical (unpaired) electrons. The second-order valence-corrected chi connectivity index (χ2v) is 4.60. The van der Waals surface area contributed by atoms with E-state index in [0.29, 0.717) is 12.1 Å². The molecule has 0 aliphatic heterocycles. The molecule has 0 saturated heterocycles. The zero-order valence-electron chi connectivity index (χ0n) is 11.4. The number of halogens is 5. The molecule has 0 aromatic heterocycles. The average molecular weight is 328 g/mol. The van der Waals surface area contributed by atoms with Crippen LogP contribution in [0, 0.1) is 11.6 Å². The Morgan fingerprint density at radius 3 is 2.22 bits per heavy atom. The van der Waals surface area contributed by atoms with Crippen LogP contribution < -0.4 is 0 Å². The van der Waals surface area contributed by atoms with Gasteiger partial charge in [-0.15, -0.1) is 0 Å². The number of ketones is 1. The molecule has 0 aliphatic carbocycles. The van der Waals surface area contributed by atoms with Crippen LogP contribution in [0.3, 0.4) is 0 Å². The highest BCUT2D eigenvalue weighted by Gasteiger charge is 2.29. The van der Waals surface area contributed by atoms with E-state index in [-0.39, 0.29) is 5.56 Å². The number of allylic oxidation sites excluding steroid dienone is 1. The van der Waals surface area contributed by atoms with Gasteiger partial charge < -0.3 is 5.11 Å². The first-order valence-corrected chi connectivity index (χ1v) is 6.26. The summed E-state index contributed by atoms with van der Waals surface area (Å²) in [4.78, 5) is 11.8. The van der Waals surface area contributed by atoms with Crippen molar-refractivity contribution >= 4 is 11.9 Å². The Hall–Kier alpha value is -2.70. The van der Waals surface area contributed by atoms with Crippen LogP contribution in [0.2, 0.25) is 0 Å². The Labute approximate surface area is 127 Å². The van der Waals surface area contributed by atoms with Crippen molar-refractivity contribution in [1.82, 2.24) is 0 Å². The molecule has 23 heavy (non-hydrogen) atoms. The number of hydrogen-bond acceptors (Lipinski definition) is 2. The molecule has 2 rings (SSSR count). The monoisotopic (exact) mass is 328 g/mol. The number of alkyl halides is 3. The van der Waals surface area contributed by atoms with Crippen molar-refractivity contribution in [1.29, 1.82) is 0 Å². The lowest BCUT2D eigenvalue weighted by molar-refractivity contribution is -0.137. The maximum absolute atomic E-state index is 13.1. The summed E-state index contributed by atoms with van der Waals surface area (Å²) >= 11 is 0. The number of aromatic hydroxyl groups is 1. The molecule has 0 unspecified atom stereocenters. The fraction of sp³-hybridized carbons (Fsp3) is 0.0625. The van der Waals surface area contributed by atoms with Crippen molar-refractivity contribution in [2.24, 2.45) is 0 Å². The van der Waals surface area contributed by atoms with E-state index in [1.165, 1.54) is 6.08 Å². The van der Waals surface area contributed by atoms with Crippen LogP contribution in [-0.4, -0.2) is 10.9 Å². The van der Waals surface area contributed by atoms with Crippen molar-refractivity contribution in [3.8, 4) is 5.75 Å². The molecule has 1 N–H and O–H groups in total. The molecule has 0 amide bonds. The van der Waals surface area contributed by atoms with E-state index < -0.39 is 40.5 Å². The molecule has 2 aromatic carbocycles. The van der Waals surface area contributed by atoms with Gasteiger partial charge in [0.25, 0.3) is 0 Å². The van der Waals surface area contributed by atoms with Crippen molar-refractivity contribution in [2.45, 2.75) is 6.18 Å². The van der Waals surface area contributed by atoms with Crippen LogP contribution in [0.15, 0.2) is 42.5 Å². The number of rotatable bonds is 3. The van der Waals surface area contributed by atoms with Crippen molar-refractivity contribution in [3.63, 3.8) is 0 Å². The second kappa shape index (κ2) is 6.20. The van der Waals surface area contributed by atoms with E-state index in [1.54, 1.807) is 0 Å². The van der Waals surface area contributed by atoms with E-state index in [4.69, 9.17) is 0 Å². The predicted molar refractivity (Wildman–Crippen MR) is 72.8 cm³/mol. The van der Waals surface area contributed by atoms with E-state index in [9.17, 15) is 31.9 Å². The topological polar surface area (TPSA) is 37.3 Å². The van der Waals surface area contributed by atoms with Gasteiger partial charge in [-0.05, 0) is 29.8 Å². The van der Waals surface area contributed by atoms with Gasteiger partial charge in [-0.25, -0.2) is 8.78 Å². The lowest BCUT2D eigenvalue weighted by Crippen LogP contribution is -2.04. The van der Waals surface area contributed by atoms with Gasteiger partial charge in [-0.1, -0.05) is 18.2 Å². The molecule has 0 aliphatic rings. The van der Waals surface area contributed by atoms with Gasteiger partial charge in [-0.3, -0.25) is 4.79 Å². The largest absolute Gasteiger partial charge is 0.504 e. The number of hydrogen-bond donors (Lipinski definition) is 1. The van der Waals surface area contributed by atoms with Gasteiger partial charge in [-0.2, -0.15) is 13.2 Å². The van der Waals surface area contributed by atoms with Crippen LogP contribution in [0.25, 0.3) is 6.08 Å². The summed E-state index contributed by atoms with van der Waals surface area (Å²) in [6.45, 7) is 0. The molecule has 0 atom stereocenters. The van der Waals surface area contributed by atoms with E-state index in [2.05, 4.69) is 0 Å². The highest BCUT2D eigenvalue weighted by Crippen LogP contribution is 2.29. The fourth-order valence-corrected chi connectivity index (χ4v) is 1.80. The first kappa shape index (κ1) is 16.7. The highest BCUT2D eigenvalue weighted by atomic mass is 19.4. The Kier molecular flexibility index (Phi) is 4.49. The van der Waals surface area contributed by atoms with Crippen LogP contribution >= 0.6 is 0 Å². The molecule has 7 heteroatoms. The average Bonchev–Trinajstić information content (AvgIpc) is 2.48. The normalized spacial score (nSPS) is 11.9. The maximum Gasteiger partial charge on any atom is 0.416 e. The third-order valence-electron chi connectivity index (χ3n) is 2.96. The molecule has 120 valence electrons. The number of benzene rings is 2. The van der Waals surface area contributed by atoms with Gasteiger partial charge in [0.15, 0.2) is 17.3 Å². The minimum Gasteiger partial charge on any atom is -0.504 e. The Morgan fingerprint density at radius 1 is 1.04 bits per heavy atom. The summed E-state index contributed by atoms with van der Waals surface area (Å²) in [5.74, 6) is -4.20. The lowest BCUT2D eigenvalue weighted by atomic mass is 10.1. The minimum atomic E-state index is -4.47. The molecular weight excluding hydrogens is 319 g/mol. The van der Waals surface area contributed by atoms with Crippen LogP contribution in [0.4, 0.5) is 22.0 Å². The molecule has 0 spiro atoms. The van der Waals surface area contributed by atoms with Crippen LogP contribution in [-0.2, 0) is 6.18 Å². The predicted octanol–water partition coefficient (Wildman–Crippen LogP) is 4.59. The molecule has 0 fully saturated rings. The summed E-state index contributed by atoms with van der Waals surface area (Å²) in [6, 6.07) is 5.04. The number of carbonyl (C=O) groups excluding carboxylic acids is 1. The summed E-state index contributed by atoms with van der Waals surface area (Å²) in [5.41, 5.74) is -1.14. The number of phenols is 1. The molecular formula is C16H9F5O2. The SMILES string of the molecule is O=C(C=Cc1ccc(C(F)(F)F)cc1)c1cc(F)cc(F)c1O. The highest BCUT2D eigenvalue weighted by molar-refractivity contribution is 6.08. The molecule has 2 nitrogen and oxygen atoms in total. The summed E-state index contributed by atoms with van der Waals surface area (Å²) in [7, 11) is 0. The van der Waals surface area contributed by atoms with Crippen molar-refractivity contribution in [3.05, 3.63) is 70.8 Å². The number of carbonyl (C=O) groups is 1. The standard InChI is InChI=1S/C16H9F5O2/c17-11-7-12(15(23)13(18)8-11)14(22)6-3-9-1-4-10(5-2-9)16(19,20)21/h1-8,23H. The van der Waals surface area contributed by atoms with Gasteiger partial charge >= 0.3 is 6.18 Å². The molecule has 0 saturated carbocycles. The van der Waals surface area contributed by atoms with Crippen molar-refractivity contribution < 1.29 is 31.9 Å². The van der Waals surface area contributed by atoms with E-state index >= 15 is 0 Å². The Bertz CT molecular complexity index is 761. The van der Waals surface area contributed by atoms with Gasteiger partial charge in [0, 0.05) is 6.07 Å². The summed E-state index contributed by atoms with van der Waals surface area (Å²) in [5, 5.41) is 9.39. The zero-order chi connectivity index (χ0) is 17.2. The summed E-state index contributed by atoms with van der Waals surface area (Å²) < 4.78 is 63.4. The molecule has 0 heterocycles. The molecule has 2 aromatic rings. The van der Waals surface area contributed by atoms with Crippen LogP contribution in [0.1, 0.15) is 21.5 Å². The Balaban J connectivity index is 2.22. The van der Waals surface area contributed by atoms with Crippen molar-refractivity contribution in [2.75, 3.05) is 0 Å². The lowest BCUT2D eigenvalue weighted by Gasteiger charge is -2.06. The van der Waals surface area contributed by atoms with Gasteiger partial charge in [0.1, 0.15) is 5.82 Å². The third-order valence-corrected chi connectivity index (χ3v) is 2.96. The fourth-order valence-electron chi connectivity index (χ4n) is 1.80. The first-order valence-electron chi connectivity index (χ1n) is 6.26. The maximum atomic E-state index is 13.1. The first-order chi connectivity index (χ1) is 10.7. The number of phenolic OH excluding ortho intramolecular Hbond substituents is 1.